The molecule has 1 fully saturated rings. The molecule has 2 N–H and O–H groups in total. The second-order valence-electron chi connectivity index (χ2n) is 6.43. The van der Waals surface area contributed by atoms with Crippen molar-refractivity contribution in [1.29, 1.82) is 0 Å². The summed E-state index contributed by atoms with van der Waals surface area (Å²) < 4.78 is 13.3. The lowest BCUT2D eigenvalue weighted by Crippen LogP contribution is -2.43. The molecular formula is C20H22FN3O2. The number of nitrogens with one attached hydrogen (secondary N) is 2. The highest BCUT2D eigenvalue weighted by molar-refractivity contribution is 6.04. The van der Waals surface area contributed by atoms with Crippen molar-refractivity contribution >= 4 is 17.6 Å². The van der Waals surface area contributed by atoms with Gasteiger partial charge in [0.15, 0.2) is 0 Å². The van der Waals surface area contributed by atoms with E-state index < -0.39 is 5.82 Å². The van der Waals surface area contributed by atoms with E-state index in [1.165, 1.54) is 12.1 Å². The number of anilines is 1. The maximum absolute atomic E-state index is 13.3. The third-order valence-corrected chi connectivity index (χ3v) is 4.63. The lowest BCUT2D eigenvalue weighted by atomic mass is 9.89. The Bertz CT molecular complexity index is 809. The first-order valence-corrected chi connectivity index (χ1v) is 8.70. The van der Waals surface area contributed by atoms with Crippen molar-refractivity contribution in [3.05, 3.63) is 65.5 Å². The Morgan fingerprint density at radius 2 is 1.96 bits per heavy atom. The summed E-state index contributed by atoms with van der Waals surface area (Å²) in [6, 6.07) is 13.1. The van der Waals surface area contributed by atoms with E-state index >= 15 is 0 Å². The fraction of sp³-hybridized carbons (Fsp3) is 0.300. The van der Waals surface area contributed by atoms with Crippen molar-refractivity contribution in [2.24, 2.45) is 0 Å². The average Bonchev–Trinajstić information content (AvgIpc) is 2.67. The van der Waals surface area contributed by atoms with Crippen LogP contribution in [0.3, 0.4) is 0 Å². The third-order valence-electron chi connectivity index (χ3n) is 4.63. The molecule has 0 aliphatic carbocycles. The molecule has 5 nitrogen and oxygen atoms in total. The number of piperidine rings is 1. The van der Waals surface area contributed by atoms with Gasteiger partial charge in [0.25, 0.3) is 5.91 Å². The minimum Gasteiger partial charge on any atom is -0.341 e. The molecule has 136 valence electrons. The van der Waals surface area contributed by atoms with E-state index in [-0.39, 0.29) is 17.9 Å². The van der Waals surface area contributed by atoms with Crippen molar-refractivity contribution in [2.45, 2.75) is 18.8 Å². The molecule has 1 aliphatic heterocycles. The van der Waals surface area contributed by atoms with Gasteiger partial charge in [0, 0.05) is 37.3 Å². The molecule has 0 radical (unpaired) electrons. The minimum absolute atomic E-state index is 0.0744. The number of carbonyl (C=O) groups is 2. The molecule has 1 unspecified atom stereocenters. The summed E-state index contributed by atoms with van der Waals surface area (Å²) in [5, 5.41) is 5.37. The summed E-state index contributed by atoms with van der Waals surface area (Å²) in [5.41, 5.74) is 1.97. The minimum atomic E-state index is -0.395. The van der Waals surface area contributed by atoms with Crippen molar-refractivity contribution in [2.75, 3.05) is 25.5 Å². The van der Waals surface area contributed by atoms with Crippen LogP contribution in [0.25, 0.3) is 0 Å². The number of amides is 3. The second-order valence-corrected chi connectivity index (χ2v) is 6.43. The maximum atomic E-state index is 13.3. The molecule has 2 aromatic carbocycles. The zero-order valence-electron chi connectivity index (χ0n) is 14.7. The van der Waals surface area contributed by atoms with Crippen LogP contribution in [0, 0.1) is 5.82 Å². The quantitative estimate of drug-likeness (QED) is 0.884. The monoisotopic (exact) mass is 355 g/mol. The highest BCUT2D eigenvalue weighted by atomic mass is 19.1. The molecule has 1 heterocycles. The number of carbonyl (C=O) groups excluding carboxylic acids is 2. The fourth-order valence-corrected chi connectivity index (χ4v) is 3.30. The molecule has 1 saturated heterocycles. The van der Waals surface area contributed by atoms with E-state index in [1.54, 1.807) is 30.1 Å². The first kappa shape index (κ1) is 17.9. The van der Waals surface area contributed by atoms with Crippen LogP contribution >= 0.6 is 0 Å². The van der Waals surface area contributed by atoms with Crippen LogP contribution in [0.2, 0.25) is 0 Å². The summed E-state index contributed by atoms with van der Waals surface area (Å²) in [5.74, 6) is -0.479. The van der Waals surface area contributed by atoms with Gasteiger partial charge in [-0.05, 0) is 48.7 Å². The van der Waals surface area contributed by atoms with Crippen LogP contribution in [0.1, 0.15) is 34.7 Å². The highest BCUT2D eigenvalue weighted by Crippen LogP contribution is 2.27. The number of urea groups is 1. The molecule has 6 heteroatoms. The maximum Gasteiger partial charge on any atom is 0.317 e. The molecule has 0 bridgehead atoms. The number of rotatable bonds is 3. The Labute approximate surface area is 152 Å². The predicted molar refractivity (Wildman–Crippen MR) is 98.8 cm³/mol. The lowest BCUT2D eigenvalue weighted by Gasteiger charge is -2.32. The molecule has 0 spiro atoms. The predicted octanol–water partition coefficient (Wildman–Crippen LogP) is 3.60. The highest BCUT2D eigenvalue weighted by Gasteiger charge is 2.24. The molecule has 2 aromatic rings. The van der Waals surface area contributed by atoms with Crippen LogP contribution in [0.4, 0.5) is 14.9 Å². The SMILES string of the molecule is CNC(=O)N1CCCC(c2cccc(C(=O)Nc3cccc(F)c3)c2)C1. The van der Waals surface area contributed by atoms with Crippen molar-refractivity contribution in [1.82, 2.24) is 10.2 Å². The van der Waals surface area contributed by atoms with E-state index in [0.717, 1.165) is 24.9 Å². The number of benzene rings is 2. The van der Waals surface area contributed by atoms with Crippen molar-refractivity contribution < 1.29 is 14.0 Å². The van der Waals surface area contributed by atoms with E-state index in [0.29, 0.717) is 17.8 Å². The smallest absolute Gasteiger partial charge is 0.317 e. The molecule has 26 heavy (non-hydrogen) atoms. The normalized spacial score (nSPS) is 16.8. The van der Waals surface area contributed by atoms with E-state index in [9.17, 15) is 14.0 Å². The largest absolute Gasteiger partial charge is 0.341 e. The van der Waals surface area contributed by atoms with Crippen LogP contribution in [0.15, 0.2) is 48.5 Å². The van der Waals surface area contributed by atoms with Crippen molar-refractivity contribution in [3.8, 4) is 0 Å². The lowest BCUT2D eigenvalue weighted by molar-refractivity contribution is 0.102. The van der Waals surface area contributed by atoms with Gasteiger partial charge in [0.2, 0.25) is 0 Å². The summed E-state index contributed by atoms with van der Waals surface area (Å²) in [4.78, 5) is 26.1. The van der Waals surface area contributed by atoms with E-state index in [2.05, 4.69) is 10.6 Å². The van der Waals surface area contributed by atoms with Gasteiger partial charge in [0.1, 0.15) is 5.82 Å². The summed E-state index contributed by atoms with van der Waals surface area (Å²) in [6.45, 7) is 1.38. The van der Waals surface area contributed by atoms with Crippen LogP contribution in [-0.4, -0.2) is 37.0 Å². The van der Waals surface area contributed by atoms with Crippen LogP contribution in [-0.2, 0) is 0 Å². The zero-order chi connectivity index (χ0) is 18.5. The Morgan fingerprint density at radius 1 is 1.15 bits per heavy atom. The summed E-state index contributed by atoms with van der Waals surface area (Å²) >= 11 is 0. The van der Waals surface area contributed by atoms with Gasteiger partial charge in [-0.3, -0.25) is 4.79 Å². The van der Waals surface area contributed by atoms with Crippen molar-refractivity contribution in [3.63, 3.8) is 0 Å². The Balaban J connectivity index is 1.73. The van der Waals surface area contributed by atoms with Gasteiger partial charge in [-0.15, -0.1) is 0 Å². The van der Waals surface area contributed by atoms with Crippen LogP contribution < -0.4 is 10.6 Å². The number of hydrogen-bond donors (Lipinski definition) is 2. The molecule has 0 saturated carbocycles. The van der Waals surface area contributed by atoms with Gasteiger partial charge in [0.05, 0.1) is 0 Å². The van der Waals surface area contributed by atoms with Gasteiger partial charge >= 0.3 is 6.03 Å². The fourth-order valence-electron chi connectivity index (χ4n) is 3.30. The van der Waals surface area contributed by atoms with E-state index in [1.807, 2.05) is 18.2 Å². The summed E-state index contributed by atoms with van der Waals surface area (Å²) in [7, 11) is 1.63. The molecule has 1 aliphatic rings. The third kappa shape index (κ3) is 4.20. The molecule has 1 atom stereocenters. The first-order chi connectivity index (χ1) is 12.6. The number of nitrogens with zero attached hydrogens (tertiary/aromatic N) is 1. The number of likely N-dealkylation sites (tertiary alicyclic amines) is 1. The van der Waals surface area contributed by atoms with E-state index in [4.69, 9.17) is 0 Å². The molecule has 0 aromatic heterocycles. The Kier molecular flexibility index (Phi) is 5.51. The first-order valence-electron chi connectivity index (χ1n) is 8.70. The van der Waals surface area contributed by atoms with Gasteiger partial charge in [-0.25, -0.2) is 9.18 Å². The Hall–Kier alpha value is -2.89. The van der Waals surface area contributed by atoms with Crippen LogP contribution in [0.5, 0.6) is 0 Å². The second kappa shape index (κ2) is 7.99. The molecule has 3 rings (SSSR count). The molecular weight excluding hydrogens is 333 g/mol. The van der Waals surface area contributed by atoms with Gasteiger partial charge in [-0.1, -0.05) is 18.2 Å². The number of hydrogen-bond acceptors (Lipinski definition) is 2. The summed E-state index contributed by atoms with van der Waals surface area (Å²) in [6.07, 6.45) is 1.90. The number of halogens is 1. The van der Waals surface area contributed by atoms with Gasteiger partial charge in [-0.2, -0.15) is 0 Å². The Morgan fingerprint density at radius 3 is 2.73 bits per heavy atom. The topological polar surface area (TPSA) is 61.4 Å². The molecule has 3 amide bonds. The average molecular weight is 355 g/mol. The van der Waals surface area contributed by atoms with Gasteiger partial charge < -0.3 is 15.5 Å². The standard InChI is InChI=1S/C20H22FN3O2/c1-22-20(26)24-10-4-7-16(13-24)14-5-2-6-15(11-14)19(25)23-18-9-3-8-17(21)12-18/h2-3,5-6,8-9,11-12,16H,4,7,10,13H2,1H3,(H,22,26)(H,23,25). The zero-order valence-corrected chi connectivity index (χ0v) is 14.7.